The number of imidazole rings is 1. The summed E-state index contributed by atoms with van der Waals surface area (Å²) in [5, 5.41) is 11.2. The van der Waals surface area contributed by atoms with Gasteiger partial charge in [-0.3, -0.25) is 9.36 Å². The Morgan fingerprint density at radius 1 is 1.19 bits per heavy atom. The lowest BCUT2D eigenvalue weighted by atomic mass is 10.1. The Balaban J connectivity index is 1.35. The molecule has 0 saturated heterocycles. The SMILES string of the molecule is COc1cccc(-n2ccnc2SCC(=O)N2N=C(c3cccs3)CC2c2cccs2)c1. The average Bonchev–Trinajstić information content (AvgIpc) is 3.63. The zero-order valence-electron chi connectivity index (χ0n) is 17.2. The number of benzene rings is 1. The number of thiophene rings is 2. The van der Waals surface area contributed by atoms with Crippen LogP contribution in [0.3, 0.4) is 0 Å². The first-order chi connectivity index (χ1) is 15.7. The highest BCUT2D eigenvalue weighted by molar-refractivity contribution is 7.99. The third-order valence-electron chi connectivity index (χ3n) is 5.11. The maximum absolute atomic E-state index is 13.3. The number of carbonyl (C=O) groups is 1. The van der Waals surface area contributed by atoms with Crippen molar-refractivity contribution in [2.24, 2.45) is 5.10 Å². The Morgan fingerprint density at radius 3 is 2.84 bits per heavy atom. The van der Waals surface area contributed by atoms with Crippen LogP contribution in [0, 0.1) is 0 Å². The van der Waals surface area contributed by atoms with E-state index < -0.39 is 0 Å². The van der Waals surface area contributed by atoms with Gasteiger partial charge in [0.2, 0.25) is 0 Å². The van der Waals surface area contributed by atoms with Crippen molar-refractivity contribution in [2.75, 3.05) is 12.9 Å². The van der Waals surface area contributed by atoms with Gasteiger partial charge in [0, 0.05) is 29.8 Å². The van der Waals surface area contributed by atoms with Crippen LogP contribution >= 0.6 is 34.4 Å². The summed E-state index contributed by atoms with van der Waals surface area (Å²) in [4.78, 5) is 20.0. The molecule has 0 radical (unpaired) electrons. The molecular formula is C23H20N4O2S3. The van der Waals surface area contributed by atoms with Crippen LogP contribution in [0.4, 0.5) is 0 Å². The monoisotopic (exact) mass is 480 g/mol. The maximum Gasteiger partial charge on any atom is 0.253 e. The van der Waals surface area contributed by atoms with Gasteiger partial charge in [0.1, 0.15) is 5.75 Å². The van der Waals surface area contributed by atoms with Crippen LogP contribution in [-0.2, 0) is 4.79 Å². The molecule has 5 rings (SSSR count). The van der Waals surface area contributed by atoms with Crippen molar-refractivity contribution in [3.8, 4) is 11.4 Å². The molecule has 1 amide bonds. The smallest absolute Gasteiger partial charge is 0.253 e. The number of hydrogen-bond acceptors (Lipinski definition) is 7. The summed E-state index contributed by atoms with van der Waals surface area (Å²) >= 11 is 4.73. The van der Waals surface area contributed by atoms with Gasteiger partial charge in [0.15, 0.2) is 5.16 Å². The van der Waals surface area contributed by atoms with Crippen LogP contribution < -0.4 is 4.74 Å². The van der Waals surface area contributed by atoms with E-state index in [2.05, 4.69) is 17.1 Å². The first-order valence-electron chi connectivity index (χ1n) is 10.0. The number of methoxy groups -OCH3 is 1. The van der Waals surface area contributed by atoms with E-state index >= 15 is 0 Å². The van der Waals surface area contributed by atoms with Gasteiger partial charge in [-0.05, 0) is 35.0 Å². The lowest BCUT2D eigenvalue weighted by Crippen LogP contribution is -2.28. The lowest BCUT2D eigenvalue weighted by molar-refractivity contribution is -0.130. The third-order valence-corrected chi connectivity index (χ3v) is 7.95. The van der Waals surface area contributed by atoms with Crippen molar-refractivity contribution in [1.29, 1.82) is 0 Å². The van der Waals surface area contributed by atoms with Crippen molar-refractivity contribution in [3.05, 3.63) is 81.4 Å². The molecule has 0 bridgehead atoms. The standard InChI is InChI=1S/C23H20N4O2S3/c1-29-17-6-2-5-16(13-17)26-10-9-24-23(26)32-15-22(28)27-19(21-8-4-12-31-21)14-18(25-27)20-7-3-11-30-20/h2-13,19H,14-15H2,1H3. The largest absolute Gasteiger partial charge is 0.497 e. The van der Waals surface area contributed by atoms with Crippen molar-refractivity contribution in [1.82, 2.24) is 14.6 Å². The number of hydrogen-bond donors (Lipinski definition) is 0. The van der Waals surface area contributed by atoms with Gasteiger partial charge >= 0.3 is 0 Å². The Kier molecular flexibility index (Phi) is 6.11. The highest BCUT2D eigenvalue weighted by Gasteiger charge is 2.34. The van der Waals surface area contributed by atoms with Crippen LogP contribution in [-0.4, -0.2) is 39.0 Å². The zero-order chi connectivity index (χ0) is 21.9. The summed E-state index contributed by atoms with van der Waals surface area (Å²) in [5.74, 6) is 0.999. The van der Waals surface area contributed by atoms with Gasteiger partial charge in [-0.2, -0.15) is 5.10 Å². The molecule has 3 aromatic heterocycles. The minimum Gasteiger partial charge on any atom is -0.497 e. The number of nitrogens with zero attached hydrogens (tertiary/aromatic N) is 4. The molecule has 0 N–H and O–H groups in total. The Hall–Kier alpha value is -2.88. The molecule has 0 fully saturated rings. The first kappa shape index (κ1) is 21.0. The molecule has 1 aromatic carbocycles. The quantitative estimate of drug-likeness (QED) is 0.329. The number of thioether (sulfide) groups is 1. The third kappa shape index (κ3) is 4.23. The van der Waals surface area contributed by atoms with Crippen LogP contribution in [0.25, 0.3) is 5.69 Å². The minimum atomic E-state index is -0.0571. The predicted octanol–water partition coefficient (Wildman–Crippen LogP) is 5.47. The second-order valence-electron chi connectivity index (χ2n) is 7.07. The fourth-order valence-electron chi connectivity index (χ4n) is 3.58. The van der Waals surface area contributed by atoms with Crippen molar-refractivity contribution in [2.45, 2.75) is 17.6 Å². The summed E-state index contributed by atoms with van der Waals surface area (Å²) in [7, 11) is 1.65. The Morgan fingerprint density at radius 2 is 2.06 bits per heavy atom. The molecule has 4 aromatic rings. The number of aromatic nitrogens is 2. The molecule has 1 aliphatic heterocycles. The summed E-state index contributed by atoms with van der Waals surface area (Å²) < 4.78 is 7.29. The van der Waals surface area contributed by atoms with Gasteiger partial charge in [-0.1, -0.05) is 30.0 Å². The Bertz CT molecular complexity index is 1230. The van der Waals surface area contributed by atoms with Crippen molar-refractivity contribution < 1.29 is 9.53 Å². The van der Waals surface area contributed by atoms with Crippen LogP contribution in [0.15, 0.2) is 81.9 Å². The number of ether oxygens (including phenoxy) is 1. The molecule has 1 unspecified atom stereocenters. The first-order valence-corrected chi connectivity index (χ1v) is 12.7. The fourth-order valence-corrected chi connectivity index (χ4v) is 5.94. The lowest BCUT2D eigenvalue weighted by Gasteiger charge is -2.20. The van der Waals surface area contributed by atoms with Gasteiger partial charge in [0.25, 0.3) is 5.91 Å². The van der Waals surface area contributed by atoms with E-state index in [0.717, 1.165) is 38.5 Å². The minimum absolute atomic E-state index is 0.0276. The summed E-state index contributed by atoms with van der Waals surface area (Å²) in [6, 6.07) is 15.9. The molecule has 4 heterocycles. The average molecular weight is 481 g/mol. The molecule has 1 aliphatic rings. The second-order valence-corrected chi connectivity index (χ2v) is 9.94. The summed E-state index contributed by atoms with van der Waals surface area (Å²) in [6.45, 7) is 0. The molecule has 0 spiro atoms. The van der Waals surface area contributed by atoms with Crippen LogP contribution in [0.5, 0.6) is 5.75 Å². The van der Waals surface area contributed by atoms with E-state index in [9.17, 15) is 4.79 Å². The highest BCUT2D eigenvalue weighted by Crippen LogP contribution is 2.36. The summed E-state index contributed by atoms with van der Waals surface area (Å²) in [6.07, 6.45) is 4.36. The number of hydrazone groups is 1. The van der Waals surface area contributed by atoms with Crippen molar-refractivity contribution in [3.63, 3.8) is 0 Å². The fraction of sp³-hybridized carbons (Fsp3) is 0.174. The Labute approximate surface area is 198 Å². The van der Waals surface area contributed by atoms with E-state index in [1.807, 2.05) is 57.9 Å². The predicted molar refractivity (Wildman–Crippen MR) is 130 cm³/mol. The molecule has 0 saturated carbocycles. The van der Waals surface area contributed by atoms with Gasteiger partial charge in [-0.25, -0.2) is 9.99 Å². The maximum atomic E-state index is 13.3. The van der Waals surface area contributed by atoms with E-state index in [4.69, 9.17) is 9.84 Å². The molecule has 162 valence electrons. The molecule has 0 aliphatic carbocycles. The van der Waals surface area contributed by atoms with E-state index in [1.54, 1.807) is 41.0 Å². The van der Waals surface area contributed by atoms with E-state index in [0.29, 0.717) is 0 Å². The van der Waals surface area contributed by atoms with Crippen LogP contribution in [0.2, 0.25) is 0 Å². The normalized spacial score (nSPS) is 15.7. The van der Waals surface area contributed by atoms with E-state index in [-0.39, 0.29) is 17.7 Å². The number of rotatable bonds is 7. The topological polar surface area (TPSA) is 59.7 Å². The molecule has 9 heteroatoms. The highest BCUT2D eigenvalue weighted by atomic mass is 32.2. The molecule has 6 nitrogen and oxygen atoms in total. The molecule has 1 atom stereocenters. The van der Waals surface area contributed by atoms with Crippen LogP contribution in [0.1, 0.15) is 22.2 Å². The summed E-state index contributed by atoms with van der Waals surface area (Å²) in [5.41, 5.74) is 1.90. The molecular weight excluding hydrogens is 460 g/mol. The zero-order valence-corrected chi connectivity index (χ0v) is 19.7. The van der Waals surface area contributed by atoms with Gasteiger partial charge in [-0.15, -0.1) is 22.7 Å². The van der Waals surface area contributed by atoms with E-state index in [1.165, 1.54) is 11.8 Å². The molecule has 32 heavy (non-hydrogen) atoms. The second kappa shape index (κ2) is 9.32. The number of amides is 1. The van der Waals surface area contributed by atoms with Gasteiger partial charge < -0.3 is 4.74 Å². The number of carbonyl (C=O) groups excluding carboxylic acids is 1. The van der Waals surface area contributed by atoms with Gasteiger partial charge in [0.05, 0.1) is 35.2 Å². The van der Waals surface area contributed by atoms with Crippen molar-refractivity contribution >= 4 is 46.1 Å².